The van der Waals surface area contributed by atoms with E-state index in [0.717, 1.165) is 11.1 Å². The van der Waals surface area contributed by atoms with Gasteiger partial charge >= 0.3 is 0 Å². The SMILES string of the molecule is Fc1ccc(CC(CCl)c2ccc(Cl)cc2)cc1Cl. The first-order chi connectivity index (χ1) is 9.10. The monoisotopic (exact) mass is 316 g/mol. The van der Waals surface area contributed by atoms with E-state index in [4.69, 9.17) is 34.8 Å². The fourth-order valence-corrected chi connectivity index (χ4v) is 2.56. The van der Waals surface area contributed by atoms with Crippen molar-refractivity contribution in [2.45, 2.75) is 12.3 Å². The molecule has 19 heavy (non-hydrogen) atoms. The smallest absolute Gasteiger partial charge is 0.141 e. The van der Waals surface area contributed by atoms with Gasteiger partial charge in [-0.2, -0.15) is 0 Å². The molecule has 0 aliphatic carbocycles. The molecule has 2 rings (SSSR count). The lowest BCUT2D eigenvalue weighted by atomic mass is 9.93. The van der Waals surface area contributed by atoms with Crippen molar-refractivity contribution in [3.8, 4) is 0 Å². The van der Waals surface area contributed by atoms with E-state index in [1.54, 1.807) is 12.1 Å². The predicted molar refractivity (Wildman–Crippen MR) is 80.0 cm³/mol. The molecule has 1 atom stereocenters. The molecule has 2 aromatic rings. The maximum atomic E-state index is 13.1. The fourth-order valence-electron chi connectivity index (χ4n) is 1.95. The van der Waals surface area contributed by atoms with Crippen LogP contribution in [0, 0.1) is 5.82 Å². The van der Waals surface area contributed by atoms with Crippen LogP contribution in [0.15, 0.2) is 42.5 Å². The maximum Gasteiger partial charge on any atom is 0.141 e. The van der Waals surface area contributed by atoms with Gasteiger partial charge in [0.2, 0.25) is 0 Å². The molecule has 1 unspecified atom stereocenters. The first kappa shape index (κ1) is 14.6. The Hall–Kier alpha value is -0.760. The summed E-state index contributed by atoms with van der Waals surface area (Å²) in [6.45, 7) is 0. The van der Waals surface area contributed by atoms with Crippen LogP contribution in [0.25, 0.3) is 0 Å². The topological polar surface area (TPSA) is 0 Å². The Balaban J connectivity index is 2.18. The minimum absolute atomic E-state index is 0.141. The van der Waals surface area contributed by atoms with Crippen LogP contribution in [-0.2, 0) is 6.42 Å². The van der Waals surface area contributed by atoms with Gasteiger partial charge in [0, 0.05) is 16.8 Å². The average molecular weight is 318 g/mol. The van der Waals surface area contributed by atoms with Crippen LogP contribution in [0.5, 0.6) is 0 Å². The minimum Gasteiger partial charge on any atom is -0.205 e. The number of rotatable bonds is 4. The lowest BCUT2D eigenvalue weighted by Crippen LogP contribution is -2.04. The third-order valence-electron chi connectivity index (χ3n) is 2.99. The highest BCUT2D eigenvalue weighted by molar-refractivity contribution is 6.31. The van der Waals surface area contributed by atoms with E-state index in [-0.39, 0.29) is 10.9 Å². The van der Waals surface area contributed by atoms with E-state index in [0.29, 0.717) is 17.3 Å². The molecule has 0 aliphatic rings. The van der Waals surface area contributed by atoms with Crippen LogP contribution in [0.2, 0.25) is 10.0 Å². The molecule has 4 heteroatoms. The molecule has 0 aromatic heterocycles. The summed E-state index contributed by atoms with van der Waals surface area (Å²) in [7, 11) is 0. The lowest BCUT2D eigenvalue weighted by molar-refractivity contribution is 0.626. The summed E-state index contributed by atoms with van der Waals surface area (Å²) in [5, 5.41) is 0.837. The molecule has 0 heterocycles. The molecule has 0 aliphatic heterocycles. The number of alkyl halides is 1. The highest BCUT2D eigenvalue weighted by Gasteiger charge is 2.12. The fraction of sp³-hybridized carbons (Fsp3) is 0.200. The summed E-state index contributed by atoms with van der Waals surface area (Å²) in [5.41, 5.74) is 2.08. The van der Waals surface area contributed by atoms with E-state index >= 15 is 0 Å². The summed E-state index contributed by atoms with van der Waals surface area (Å²) in [6, 6.07) is 12.4. The summed E-state index contributed by atoms with van der Waals surface area (Å²) >= 11 is 17.7. The second-order valence-electron chi connectivity index (χ2n) is 4.36. The third-order valence-corrected chi connectivity index (χ3v) is 3.91. The molecule has 0 saturated heterocycles. The Labute approximate surface area is 127 Å². The molecule has 2 aromatic carbocycles. The predicted octanol–water partition coefficient (Wildman–Crippen LogP) is 5.70. The van der Waals surface area contributed by atoms with Crippen LogP contribution in [0.1, 0.15) is 17.0 Å². The summed E-state index contributed by atoms with van der Waals surface area (Å²) in [4.78, 5) is 0. The van der Waals surface area contributed by atoms with Crippen LogP contribution in [-0.4, -0.2) is 5.88 Å². The van der Waals surface area contributed by atoms with Crippen molar-refractivity contribution in [1.29, 1.82) is 0 Å². The molecule has 0 amide bonds. The first-order valence-electron chi connectivity index (χ1n) is 5.85. The Morgan fingerprint density at radius 2 is 1.68 bits per heavy atom. The largest absolute Gasteiger partial charge is 0.205 e. The molecule has 0 spiro atoms. The van der Waals surface area contributed by atoms with Crippen molar-refractivity contribution < 1.29 is 4.39 Å². The number of benzene rings is 2. The van der Waals surface area contributed by atoms with E-state index in [2.05, 4.69) is 0 Å². The zero-order valence-electron chi connectivity index (χ0n) is 10.0. The average Bonchev–Trinajstić information content (AvgIpc) is 2.41. The van der Waals surface area contributed by atoms with Gasteiger partial charge in [-0.15, -0.1) is 11.6 Å². The molecule has 0 fully saturated rings. The quantitative estimate of drug-likeness (QED) is 0.635. The van der Waals surface area contributed by atoms with E-state index in [9.17, 15) is 4.39 Å². The Kier molecular flexibility index (Phi) is 5.09. The van der Waals surface area contributed by atoms with Gasteiger partial charge in [-0.05, 0) is 41.8 Å². The molecule has 100 valence electrons. The van der Waals surface area contributed by atoms with Gasteiger partial charge in [-0.1, -0.05) is 41.4 Å². The van der Waals surface area contributed by atoms with E-state index in [1.807, 2.05) is 24.3 Å². The highest BCUT2D eigenvalue weighted by Crippen LogP contribution is 2.26. The van der Waals surface area contributed by atoms with Crippen molar-refractivity contribution in [3.05, 3.63) is 69.5 Å². The second kappa shape index (κ2) is 6.60. The zero-order chi connectivity index (χ0) is 13.8. The molecule has 0 saturated carbocycles. The van der Waals surface area contributed by atoms with Gasteiger partial charge in [-0.25, -0.2) is 4.39 Å². The van der Waals surface area contributed by atoms with Crippen LogP contribution in [0.3, 0.4) is 0 Å². The second-order valence-corrected chi connectivity index (χ2v) is 5.51. The van der Waals surface area contributed by atoms with Crippen molar-refractivity contribution in [3.63, 3.8) is 0 Å². The van der Waals surface area contributed by atoms with Crippen molar-refractivity contribution in [2.75, 3.05) is 5.88 Å². The van der Waals surface area contributed by atoms with Crippen molar-refractivity contribution in [1.82, 2.24) is 0 Å². The van der Waals surface area contributed by atoms with Crippen molar-refractivity contribution in [2.24, 2.45) is 0 Å². The van der Waals surface area contributed by atoms with Gasteiger partial charge in [-0.3, -0.25) is 0 Å². The first-order valence-corrected chi connectivity index (χ1v) is 7.14. The molecule has 0 radical (unpaired) electrons. The number of hydrogen-bond acceptors (Lipinski definition) is 0. The number of halogens is 4. The summed E-state index contributed by atoms with van der Waals surface area (Å²) in [6.07, 6.45) is 0.713. The molecule has 0 bridgehead atoms. The highest BCUT2D eigenvalue weighted by atomic mass is 35.5. The third kappa shape index (κ3) is 3.85. The van der Waals surface area contributed by atoms with E-state index in [1.165, 1.54) is 6.07 Å². The van der Waals surface area contributed by atoms with Crippen LogP contribution in [0.4, 0.5) is 4.39 Å². The normalized spacial score (nSPS) is 12.4. The standard InChI is InChI=1S/C15H12Cl3F/c16-9-12(11-2-4-13(17)5-3-11)7-10-1-6-15(19)14(18)8-10/h1-6,8,12H,7,9H2. The lowest BCUT2D eigenvalue weighted by Gasteiger charge is -2.15. The van der Waals surface area contributed by atoms with Gasteiger partial charge in [0.1, 0.15) is 5.82 Å². The Morgan fingerprint density at radius 3 is 2.26 bits per heavy atom. The van der Waals surface area contributed by atoms with Gasteiger partial charge < -0.3 is 0 Å². The molecule has 0 N–H and O–H groups in total. The maximum absolute atomic E-state index is 13.1. The molecular weight excluding hydrogens is 306 g/mol. The van der Waals surface area contributed by atoms with Gasteiger partial charge in [0.25, 0.3) is 0 Å². The van der Waals surface area contributed by atoms with Gasteiger partial charge in [0.15, 0.2) is 0 Å². The van der Waals surface area contributed by atoms with E-state index < -0.39 is 5.82 Å². The summed E-state index contributed by atoms with van der Waals surface area (Å²) in [5.74, 6) is 0.233. The Morgan fingerprint density at radius 1 is 1.00 bits per heavy atom. The minimum atomic E-state index is -0.403. The molecule has 0 nitrogen and oxygen atoms in total. The Bertz CT molecular complexity index is 552. The number of hydrogen-bond donors (Lipinski definition) is 0. The zero-order valence-corrected chi connectivity index (χ0v) is 12.3. The van der Waals surface area contributed by atoms with Crippen LogP contribution >= 0.6 is 34.8 Å². The molecular formula is C15H12Cl3F. The van der Waals surface area contributed by atoms with Crippen LogP contribution < -0.4 is 0 Å². The van der Waals surface area contributed by atoms with Gasteiger partial charge in [0.05, 0.1) is 5.02 Å². The van der Waals surface area contributed by atoms with Crippen molar-refractivity contribution >= 4 is 34.8 Å². The summed E-state index contributed by atoms with van der Waals surface area (Å²) < 4.78 is 13.1.